The first-order valence-electron chi connectivity index (χ1n) is 10.0. The van der Waals surface area contributed by atoms with Crippen LogP contribution < -0.4 is 5.32 Å². The summed E-state index contributed by atoms with van der Waals surface area (Å²) in [5.74, 6) is 0.578. The Kier molecular flexibility index (Phi) is 5.72. The Balaban J connectivity index is 1.34. The van der Waals surface area contributed by atoms with Crippen LogP contribution in [0, 0.1) is 5.92 Å². The number of rotatable bonds is 6. The normalized spacial score (nSPS) is 23.4. The second-order valence-corrected chi connectivity index (χ2v) is 7.63. The molecular weight excluding hydrogens is 352 g/mol. The SMILES string of the molecule is O=C(CNC1CCC2CCN(C(=O)OCc3ccccc3)C21)c1ccccc1. The Morgan fingerprint density at radius 3 is 2.43 bits per heavy atom. The molecule has 1 saturated carbocycles. The lowest BCUT2D eigenvalue weighted by Crippen LogP contribution is -2.49. The van der Waals surface area contributed by atoms with Crippen LogP contribution in [0.3, 0.4) is 0 Å². The van der Waals surface area contributed by atoms with Crippen LogP contribution in [0.1, 0.15) is 35.2 Å². The maximum Gasteiger partial charge on any atom is 0.410 e. The Bertz CT molecular complexity index is 809. The third kappa shape index (κ3) is 4.09. The number of nitrogens with one attached hydrogen (secondary N) is 1. The van der Waals surface area contributed by atoms with Gasteiger partial charge < -0.3 is 15.0 Å². The van der Waals surface area contributed by atoms with E-state index in [-0.39, 0.29) is 30.6 Å². The summed E-state index contributed by atoms with van der Waals surface area (Å²) in [4.78, 5) is 26.9. The standard InChI is InChI=1S/C23H26N2O3/c26-21(18-9-5-2-6-10-18)15-24-20-12-11-19-13-14-25(22(19)20)23(27)28-16-17-7-3-1-4-8-17/h1-10,19-20,22,24H,11-16H2. The molecule has 2 aliphatic rings. The average Bonchev–Trinajstić information content (AvgIpc) is 3.34. The zero-order valence-corrected chi connectivity index (χ0v) is 15.9. The predicted molar refractivity (Wildman–Crippen MR) is 107 cm³/mol. The molecule has 28 heavy (non-hydrogen) atoms. The first kappa shape index (κ1) is 18.7. The molecule has 2 aromatic rings. The van der Waals surface area contributed by atoms with Crippen LogP contribution in [0.15, 0.2) is 60.7 Å². The van der Waals surface area contributed by atoms with Crippen molar-refractivity contribution < 1.29 is 14.3 Å². The van der Waals surface area contributed by atoms with Crippen molar-refractivity contribution in [2.24, 2.45) is 5.92 Å². The molecule has 0 bridgehead atoms. The van der Waals surface area contributed by atoms with E-state index in [0.29, 0.717) is 12.5 Å². The Morgan fingerprint density at radius 2 is 1.68 bits per heavy atom. The highest BCUT2D eigenvalue weighted by Crippen LogP contribution is 2.38. The molecule has 2 aromatic carbocycles. The van der Waals surface area contributed by atoms with Crippen LogP contribution in [-0.2, 0) is 11.3 Å². The predicted octanol–water partition coefficient (Wildman–Crippen LogP) is 3.65. The summed E-state index contributed by atoms with van der Waals surface area (Å²) in [6, 6.07) is 19.3. The summed E-state index contributed by atoms with van der Waals surface area (Å²) in [7, 11) is 0. The minimum absolute atomic E-state index is 0.0836. The van der Waals surface area contributed by atoms with E-state index in [9.17, 15) is 9.59 Å². The molecule has 1 heterocycles. The molecule has 5 nitrogen and oxygen atoms in total. The van der Waals surface area contributed by atoms with Crippen molar-refractivity contribution in [3.63, 3.8) is 0 Å². The molecule has 2 fully saturated rings. The first-order chi connectivity index (χ1) is 13.7. The molecule has 1 amide bonds. The van der Waals surface area contributed by atoms with Crippen LogP contribution in [0.4, 0.5) is 4.79 Å². The van der Waals surface area contributed by atoms with Crippen LogP contribution in [0.5, 0.6) is 0 Å². The third-order valence-electron chi connectivity index (χ3n) is 5.90. The zero-order valence-electron chi connectivity index (χ0n) is 15.9. The quantitative estimate of drug-likeness (QED) is 0.780. The molecule has 146 valence electrons. The molecule has 1 N–H and O–H groups in total. The van der Waals surface area contributed by atoms with Gasteiger partial charge in [-0.1, -0.05) is 60.7 Å². The van der Waals surface area contributed by atoms with Gasteiger partial charge in [0.1, 0.15) is 6.61 Å². The molecule has 0 aromatic heterocycles. The number of hydrogen-bond acceptors (Lipinski definition) is 4. The van der Waals surface area contributed by atoms with E-state index >= 15 is 0 Å². The smallest absolute Gasteiger partial charge is 0.410 e. The van der Waals surface area contributed by atoms with Crippen LogP contribution in [-0.4, -0.2) is 41.9 Å². The average molecular weight is 378 g/mol. The first-order valence-corrected chi connectivity index (χ1v) is 10.0. The number of carbonyl (C=O) groups excluding carboxylic acids is 2. The third-order valence-corrected chi connectivity index (χ3v) is 5.90. The summed E-state index contributed by atoms with van der Waals surface area (Å²) in [5, 5.41) is 3.41. The van der Waals surface area contributed by atoms with E-state index < -0.39 is 0 Å². The van der Waals surface area contributed by atoms with E-state index in [2.05, 4.69) is 5.32 Å². The van der Waals surface area contributed by atoms with E-state index in [4.69, 9.17) is 4.74 Å². The van der Waals surface area contributed by atoms with E-state index in [1.165, 1.54) is 0 Å². The van der Waals surface area contributed by atoms with Gasteiger partial charge in [-0.3, -0.25) is 4.79 Å². The fourth-order valence-corrected chi connectivity index (χ4v) is 4.49. The molecule has 1 aliphatic carbocycles. The van der Waals surface area contributed by atoms with Crippen molar-refractivity contribution in [1.82, 2.24) is 10.2 Å². The van der Waals surface area contributed by atoms with Crippen LogP contribution >= 0.6 is 0 Å². The molecule has 1 saturated heterocycles. The second kappa shape index (κ2) is 8.57. The molecule has 3 unspecified atom stereocenters. The molecule has 1 aliphatic heterocycles. The Hall–Kier alpha value is -2.66. The molecule has 5 heteroatoms. The monoisotopic (exact) mass is 378 g/mol. The zero-order chi connectivity index (χ0) is 19.3. The van der Waals surface area contributed by atoms with Gasteiger partial charge in [0, 0.05) is 18.2 Å². The number of carbonyl (C=O) groups is 2. The fraction of sp³-hybridized carbons (Fsp3) is 0.391. The van der Waals surface area contributed by atoms with Crippen LogP contribution in [0.25, 0.3) is 0 Å². The summed E-state index contributed by atoms with van der Waals surface area (Å²) >= 11 is 0. The Labute approximate surface area is 165 Å². The van der Waals surface area contributed by atoms with Gasteiger partial charge in [0.2, 0.25) is 0 Å². The van der Waals surface area contributed by atoms with E-state index in [0.717, 1.165) is 36.9 Å². The second-order valence-electron chi connectivity index (χ2n) is 7.63. The minimum atomic E-state index is -0.251. The maximum absolute atomic E-state index is 12.7. The molecule has 4 rings (SSSR count). The van der Waals surface area contributed by atoms with Crippen molar-refractivity contribution in [3.05, 3.63) is 71.8 Å². The maximum atomic E-state index is 12.7. The fourth-order valence-electron chi connectivity index (χ4n) is 4.49. The van der Waals surface area contributed by atoms with Crippen molar-refractivity contribution >= 4 is 11.9 Å². The Morgan fingerprint density at radius 1 is 0.964 bits per heavy atom. The molecule has 0 spiro atoms. The van der Waals surface area contributed by atoms with Gasteiger partial charge in [0.25, 0.3) is 0 Å². The van der Waals surface area contributed by atoms with Crippen molar-refractivity contribution in [1.29, 1.82) is 0 Å². The summed E-state index contributed by atoms with van der Waals surface area (Å²) < 4.78 is 5.56. The van der Waals surface area contributed by atoms with Gasteiger partial charge in [0.05, 0.1) is 12.6 Å². The van der Waals surface area contributed by atoms with Gasteiger partial charge in [0.15, 0.2) is 5.78 Å². The number of fused-ring (bicyclic) bond motifs is 1. The number of amides is 1. The van der Waals surface area contributed by atoms with E-state index in [1.54, 1.807) is 0 Å². The number of likely N-dealkylation sites (tertiary alicyclic amines) is 1. The van der Waals surface area contributed by atoms with Gasteiger partial charge in [-0.05, 0) is 30.7 Å². The minimum Gasteiger partial charge on any atom is -0.445 e. The molecule has 3 atom stereocenters. The topological polar surface area (TPSA) is 58.6 Å². The number of hydrogen-bond donors (Lipinski definition) is 1. The number of ketones is 1. The van der Waals surface area contributed by atoms with Crippen molar-refractivity contribution in [2.75, 3.05) is 13.1 Å². The van der Waals surface area contributed by atoms with E-state index in [1.807, 2.05) is 65.6 Å². The number of ether oxygens (including phenoxy) is 1. The lowest BCUT2D eigenvalue weighted by atomic mass is 10.0. The lowest BCUT2D eigenvalue weighted by Gasteiger charge is -2.29. The number of benzene rings is 2. The van der Waals surface area contributed by atoms with Gasteiger partial charge in [-0.2, -0.15) is 0 Å². The largest absolute Gasteiger partial charge is 0.445 e. The van der Waals surface area contributed by atoms with Gasteiger partial charge >= 0.3 is 6.09 Å². The lowest BCUT2D eigenvalue weighted by molar-refractivity contribution is 0.0849. The van der Waals surface area contributed by atoms with Crippen molar-refractivity contribution in [3.8, 4) is 0 Å². The number of Topliss-reactive ketones (excluding diaryl/α,β-unsaturated/α-hetero) is 1. The molecular formula is C23H26N2O3. The summed E-state index contributed by atoms with van der Waals surface area (Å²) in [6.07, 6.45) is 2.83. The highest BCUT2D eigenvalue weighted by atomic mass is 16.6. The van der Waals surface area contributed by atoms with Crippen LogP contribution in [0.2, 0.25) is 0 Å². The van der Waals surface area contributed by atoms with Gasteiger partial charge in [-0.25, -0.2) is 4.79 Å². The molecule has 0 radical (unpaired) electrons. The van der Waals surface area contributed by atoms with Crippen molar-refractivity contribution in [2.45, 2.75) is 38.0 Å². The summed E-state index contributed by atoms with van der Waals surface area (Å²) in [5.41, 5.74) is 1.70. The highest BCUT2D eigenvalue weighted by Gasteiger charge is 2.46. The highest BCUT2D eigenvalue weighted by molar-refractivity contribution is 5.97. The number of nitrogens with zero attached hydrogens (tertiary/aromatic N) is 1. The summed E-state index contributed by atoms with van der Waals surface area (Å²) in [6.45, 7) is 1.32. The van der Waals surface area contributed by atoms with Gasteiger partial charge in [-0.15, -0.1) is 0 Å².